The van der Waals surface area contributed by atoms with E-state index in [1.54, 1.807) is 0 Å². The van der Waals surface area contributed by atoms with E-state index in [-0.39, 0.29) is 5.91 Å². The lowest BCUT2D eigenvalue weighted by Crippen LogP contribution is -2.39. The van der Waals surface area contributed by atoms with Crippen molar-refractivity contribution in [2.24, 2.45) is 0 Å². The highest BCUT2D eigenvalue weighted by Gasteiger charge is 2.18. The van der Waals surface area contributed by atoms with Crippen LogP contribution in [-0.4, -0.2) is 24.3 Å². The van der Waals surface area contributed by atoms with Gasteiger partial charge in [0.25, 0.3) is 5.91 Å². The van der Waals surface area contributed by atoms with Gasteiger partial charge in [-0.15, -0.1) is 0 Å². The average molecular weight is 358 g/mol. The van der Waals surface area contributed by atoms with Crippen molar-refractivity contribution in [3.05, 3.63) is 65.2 Å². The van der Waals surface area contributed by atoms with Crippen molar-refractivity contribution in [2.75, 3.05) is 12.3 Å². The van der Waals surface area contributed by atoms with E-state index in [2.05, 4.69) is 23.5 Å². The largest absolute Gasteiger partial charge is 0.481 e. The quantitative estimate of drug-likeness (QED) is 0.671. The summed E-state index contributed by atoms with van der Waals surface area (Å²) >= 11 is 1.82. The zero-order chi connectivity index (χ0) is 18.1. The summed E-state index contributed by atoms with van der Waals surface area (Å²) in [6.45, 7) is 6.69. The molecule has 0 aliphatic rings. The molecule has 0 fully saturated rings. The van der Waals surface area contributed by atoms with E-state index in [9.17, 15) is 4.79 Å². The molecule has 0 saturated carbocycles. The van der Waals surface area contributed by atoms with E-state index >= 15 is 0 Å². The van der Waals surface area contributed by atoms with Gasteiger partial charge in [-0.05, 0) is 49.1 Å². The van der Waals surface area contributed by atoms with Gasteiger partial charge in [0.15, 0.2) is 6.10 Å². The second-order valence-electron chi connectivity index (χ2n) is 6.17. The molecule has 2 aromatic carbocycles. The molecule has 0 bridgehead atoms. The highest BCUT2D eigenvalue weighted by atomic mass is 32.2. The van der Waals surface area contributed by atoms with Crippen molar-refractivity contribution in [1.29, 1.82) is 0 Å². The molecule has 25 heavy (non-hydrogen) atoms. The van der Waals surface area contributed by atoms with Gasteiger partial charge in [0.1, 0.15) is 5.75 Å². The highest BCUT2D eigenvalue weighted by molar-refractivity contribution is 7.98. The molecule has 0 saturated heterocycles. The summed E-state index contributed by atoms with van der Waals surface area (Å²) in [5.41, 5.74) is 3.59. The predicted molar refractivity (Wildman–Crippen MR) is 106 cm³/mol. The minimum atomic E-state index is -0.444. The number of carbonyl (C=O) groups is 1. The van der Waals surface area contributed by atoms with Gasteiger partial charge in [0.05, 0.1) is 0 Å². The minimum Gasteiger partial charge on any atom is -0.481 e. The maximum Gasteiger partial charge on any atom is 0.261 e. The van der Waals surface area contributed by atoms with E-state index in [1.165, 1.54) is 5.56 Å². The number of hydrogen-bond donors (Lipinski definition) is 1. The van der Waals surface area contributed by atoms with Gasteiger partial charge in [0.2, 0.25) is 0 Å². The van der Waals surface area contributed by atoms with Crippen LogP contribution in [0, 0.1) is 13.8 Å². The molecule has 0 radical (unpaired) electrons. The highest BCUT2D eigenvalue weighted by Crippen LogP contribution is 2.18. The number of benzene rings is 2. The number of aryl methyl sites for hydroxylation is 2. The van der Waals surface area contributed by atoms with Crippen LogP contribution in [0.15, 0.2) is 48.5 Å². The number of ether oxygens (including phenoxy) is 1. The van der Waals surface area contributed by atoms with Gasteiger partial charge in [-0.2, -0.15) is 11.8 Å². The Morgan fingerprint density at radius 2 is 1.80 bits per heavy atom. The molecule has 3 nitrogen and oxygen atoms in total. The molecule has 0 aliphatic heterocycles. The summed E-state index contributed by atoms with van der Waals surface area (Å²) < 4.78 is 5.89. The monoisotopic (exact) mass is 357 g/mol. The van der Waals surface area contributed by atoms with Crippen molar-refractivity contribution in [3.63, 3.8) is 0 Å². The Morgan fingerprint density at radius 3 is 2.44 bits per heavy atom. The predicted octanol–water partition coefficient (Wildman–Crippen LogP) is 4.51. The normalized spacial score (nSPS) is 11.8. The SMILES string of the molecule is CC[C@@H](Oc1cc(C)cc(C)c1)C(=O)NCCSCc1ccccc1. The summed E-state index contributed by atoms with van der Waals surface area (Å²) in [5.74, 6) is 2.58. The third-order valence-corrected chi connectivity index (χ3v) is 4.82. The lowest BCUT2D eigenvalue weighted by Gasteiger charge is -2.18. The zero-order valence-electron chi connectivity index (χ0n) is 15.2. The molecule has 0 unspecified atom stereocenters. The summed E-state index contributed by atoms with van der Waals surface area (Å²) in [7, 11) is 0. The number of hydrogen-bond acceptors (Lipinski definition) is 3. The maximum absolute atomic E-state index is 12.3. The van der Waals surface area contributed by atoms with Crippen molar-refractivity contribution < 1.29 is 9.53 Å². The van der Waals surface area contributed by atoms with Gasteiger partial charge in [-0.1, -0.05) is 43.3 Å². The van der Waals surface area contributed by atoms with Gasteiger partial charge in [-0.25, -0.2) is 0 Å². The molecular weight excluding hydrogens is 330 g/mol. The van der Waals surface area contributed by atoms with Crippen molar-refractivity contribution in [3.8, 4) is 5.75 Å². The second kappa shape index (κ2) is 10.1. The molecule has 2 rings (SSSR count). The van der Waals surface area contributed by atoms with Gasteiger partial charge in [-0.3, -0.25) is 4.79 Å². The molecule has 2 aromatic rings. The van der Waals surface area contributed by atoms with E-state index in [1.807, 2.05) is 62.9 Å². The van der Waals surface area contributed by atoms with Crippen molar-refractivity contribution >= 4 is 17.7 Å². The Hall–Kier alpha value is -1.94. The fraction of sp³-hybridized carbons (Fsp3) is 0.381. The van der Waals surface area contributed by atoms with Crippen molar-refractivity contribution in [1.82, 2.24) is 5.32 Å². The molecule has 4 heteroatoms. The van der Waals surface area contributed by atoms with Gasteiger partial charge < -0.3 is 10.1 Å². The van der Waals surface area contributed by atoms with Crippen LogP contribution in [0.5, 0.6) is 5.75 Å². The first-order valence-electron chi connectivity index (χ1n) is 8.73. The number of amides is 1. The number of carbonyl (C=O) groups excluding carboxylic acids is 1. The Bertz CT molecular complexity index is 653. The van der Waals surface area contributed by atoms with E-state index in [0.717, 1.165) is 28.4 Å². The molecule has 0 aliphatic carbocycles. The Kier molecular flexibility index (Phi) is 7.86. The van der Waals surface area contributed by atoms with E-state index in [4.69, 9.17) is 4.74 Å². The molecule has 0 heterocycles. The first-order chi connectivity index (χ1) is 12.1. The standard InChI is InChI=1S/C21H27NO2S/c1-4-20(24-19-13-16(2)12-17(3)14-19)21(23)22-10-11-25-15-18-8-6-5-7-9-18/h5-9,12-14,20H,4,10-11,15H2,1-3H3,(H,22,23)/t20-/m1/s1. The van der Waals surface area contributed by atoms with E-state index in [0.29, 0.717) is 13.0 Å². The summed E-state index contributed by atoms with van der Waals surface area (Å²) in [6, 6.07) is 16.4. The fourth-order valence-corrected chi connectivity index (χ4v) is 3.43. The first kappa shape index (κ1) is 19.4. The van der Waals surface area contributed by atoms with Crippen LogP contribution in [0.4, 0.5) is 0 Å². The lowest BCUT2D eigenvalue weighted by molar-refractivity contribution is -0.127. The van der Waals surface area contributed by atoms with Crippen LogP contribution < -0.4 is 10.1 Å². The summed E-state index contributed by atoms with van der Waals surface area (Å²) in [5, 5.41) is 2.98. The molecule has 1 atom stereocenters. The third-order valence-electron chi connectivity index (χ3n) is 3.79. The zero-order valence-corrected chi connectivity index (χ0v) is 16.1. The molecule has 1 amide bonds. The summed E-state index contributed by atoms with van der Waals surface area (Å²) in [6.07, 6.45) is 0.205. The second-order valence-corrected chi connectivity index (χ2v) is 7.27. The smallest absolute Gasteiger partial charge is 0.261 e. The van der Waals surface area contributed by atoms with Crippen LogP contribution in [0.1, 0.15) is 30.0 Å². The van der Waals surface area contributed by atoms with Gasteiger partial charge >= 0.3 is 0 Å². The lowest BCUT2D eigenvalue weighted by atomic mass is 10.1. The third kappa shape index (κ3) is 6.83. The van der Waals surface area contributed by atoms with Crippen LogP contribution in [0.25, 0.3) is 0 Å². The molecule has 134 valence electrons. The Balaban J connectivity index is 1.74. The Labute approximate surface area is 155 Å². The molecule has 0 spiro atoms. The van der Waals surface area contributed by atoms with Crippen LogP contribution >= 0.6 is 11.8 Å². The number of rotatable bonds is 9. The minimum absolute atomic E-state index is 0.0398. The van der Waals surface area contributed by atoms with Crippen LogP contribution in [0.2, 0.25) is 0 Å². The van der Waals surface area contributed by atoms with Crippen molar-refractivity contribution in [2.45, 2.75) is 39.0 Å². The number of thioether (sulfide) groups is 1. The fourth-order valence-electron chi connectivity index (χ4n) is 2.61. The molecule has 1 N–H and O–H groups in total. The van der Waals surface area contributed by atoms with E-state index < -0.39 is 6.10 Å². The first-order valence-corrected chi connectivity index (χ1v) is 9.88. The van der Waals surface area contributed by atoms with Crippen LogP contribution in [-0.2, 0) is 10.5 Å². The van der Waals surface area contributed by atoms with Crippen LogP contribution in [0.3, 0.4) is 0 Å². The van der Waals surface area contributed by atoms with Gasteiger partial charge in [0, 0.05) is 18.1 Å². The number of nitrogens with one attached hydrogen (secondary N) is 1. The molecular formula is C21H27NO2S. The maximum atomic E-state index is 12.3. The average Bonchev–Trinajstić information content (AvgIpc) is 2.59. The molecule has 0 aromatic heterocycles. The summed E-state index contributed by atoms with van der Waals surface area (Å²) in [4.78, 5) is 12.3. The Morgan fingerprint density at radius 1 is 1.12 bits per heavy atom. The topological polar surface area (TPSA) is 38.3 Å².